The molecule has 4 aliphatic rings. The van der Waals surface area contributed by atoms with Crippen LogP contribution >= 0.6 is 0 Å². The van der Waals surface area contributed by atoms with E-state index in [4.69, 9.17) is 9.47 Å². The predicted molar refractivity (Wildman–Crippen MR) is 227 cm³/mol. The van der Waals surface area contributed by atoms with Gasteiger partial charge in [-0.3, -0.25) is 19.4 Å². The van der Waals surface area contributed by atoms with Crippen LogP contribution in [0, 0.1) is 0 Å². The molecule has 2 atom stereocenters. The summed E-state index contributed by atoms with van der Waals surface area (Å²) in [6.07, 6.45) is 9.35. The van der Waals surface area contributed by atoms with Crippen LogP contribution < -0.4 is 20.1 Å². The van der Waals surface area contributed by atoms with Crippen molar-refractivity contribution in [1.82, 2.24) is 20.4 Å². The number of phenols is 2. The number of benzene rings is 4. The van der Waals surface area contributed by atoms with E-state index in [9.17, 15) is 19.8 Å². The Bertz CT molecular complexity index is 2000. The van der Waals surface area contributed by atoms with E-state index in [0.717, 1.165) is 97.8 Å². The minimum absolute atomic E-state index is 0.0223. The third-order valence-corrected chi connectivity index (χ3v) is 12.8. The number of fused-ring (bicyclic) bond motifs is 4. The van der Waals surface area contributed by atoms with Gasteiger partial charge in [0.15, 0.2) is 23.0 Å². The summed E-state index contributed by atoms with van der Waals surface area (Å²) in [5.41, 5.74) is 11.7. The molecule has 0 radical (unpaired) electrons. The number of ether oxygens (including phenoxy) is 2. The van der Waals surface area contributed by atoms with Gasteiger partial charge in [0.1, 0.15) is 0 Å². The van der Waals surface area contributed by atoms with Crippen LogP contribution in [-0.2, 0) is 35.3 Å². The number of likely N-dealkylation sites (N-methyl/N-ethyl adjacent to an activating group) is 2. The van der Waals surface area contributed by atoms with E-state index in [1.807, 2.05) is 12.1 Å². The largest absolute Gasteiger partial charge is 0.504 e. The second-order valence-corrected chi connectivity index (χ2v) is 16.6. The number of hydrogen-bond acceptors (Lipinski definition) is 8. The topological polar surface area (TPSA) is 124 Å². The molecule has 4 N–H and O–H groups in total. The van der Waals surface area contributed by atoms with Crippen LogP contribution in [0.2, 0.25) is 0 Å². The molecule has 0 unspecified atom stereocenters. The third kappa shape index (κ3) is 8.27. The van der Waals surface area contributed by atoms with Crippen molar-refractivity contribution in [2.24, 2.45) is 0 Å². The zero-order valence-corrected chi connectivity index (χ0v) is 34.1. The summed E-state index contributed by atoms with van der Waals surface area (Å²) in [5.74, 6) is 1.42. The maximum absolute atomic E-state index is 12.4. The second kappa shape index (κ2) is 17.8. The summed E-state index contributed by atoms with van der Waals surface area (Å²) >= 11 is 0. The summed E-state index contributed by atoms with van der Waals surface area (Å²) in [7, 11) is 4.36. The van der Waals surface area contributed by atoms with Crippen molar-refractivity contribution in [3.8, 4) is 45.3 Å². The van der Waals surface area contributed by atoms with Crippen LogP contribution in [0.4, 0.5) is 0 Å². The van der Waals surface area contributed by atoms with E-state index in [0.29, 0.717) is 75.6 Å². The van der Waals surface area contributed by atoms with Gasteiger partial charge in [0.25, 0.3) is 0 Å². The molecule has 0 bridgehead atoms. The Hall–Kier alpha value is -5.06. The lowest BCUT2D eigenvalue weighted by Crippen LogP contribution is -2.35. The first-order valence-electron chi connectivity index (χ1n) is 21.4. The van der Waals surface area contributed by atoms with Crippen molar-refractivity contribution >= 4 is 11.8 Å². The molecule has 0 saturated heterocycles. The number of phenolic OH excluding ortho intramolecular Hbond substituents is 2. The number of amides is 2. The van der Waals surface area contributed by atoms with Crippen LogP contribution in [0.1, 0.15) is 96.8 Å². The van der Waals surface area contributed by atoms with Crippen molar-refractivity contribution in [3.05, 3.63) is 94.0 Å². The Morgan fingerprint density at radius 3 is 1.50 bits per heavy atom. The first-order chi connectivity index (χ1) is 28.3. The summed E-state index contributed by atoms with van der Waals surface area (Å²) in [6.45, 7) is 3.90. The van der Waals surface area contributed by atoms with Gasteiger partial charge < -0.3 is 30.3 Å². The van der Waals surface area contributed by atoms with Gasteiger partial charge in [-0.1, -0.05) is 61.4 Å². The number of carbonyl (C=O) groups excluding carboxylic acids is 2. The zero-order chi connectivity index (χ0) is 40.2. The summed E-state index contributed by atoms with van der Waals surface area (Å²) in [6, 6.07) is 21.4. The lowest BCUT2D eigenvalue weighted by Gasteiger charge is -2.40. The van der Waals surface area contributed by atoms with E-state index < -0.39 is 0 Å². The van der Waals surface area contributed by atoms with E-state index in [1.54, 1.807) is 0 Å². The fraction of sp³-hybridized carbons (Fsp3) is 0.458. The Morgan fingerprint density at radius 1 is 0.603 bits per heavy atom. The molecule has 0 aromatic heterocycles. The van der Waals surface area contributed by atoms with Crippen molar-refractivity contribution in [1.29, 1.82) is 0 Å². The van der Waals surface area contributed by atoms with Gasteiger partial charge in [0, 0.05) is 62.2 Å². The number of unbranched alkanes of at least 4 members (excludes halogenated alkanes) is 3. The minimum atomic E-state index is 0.0223. The van der Waals surface area contributed by atoms with Crippen LogP contribution in [0.5, 0.6) is 23.0 Å². The Labute approximate surface area is 342 Å². The minimum Gasteiger partial charge on any atom is -0.504 e. The highest BCUT2D eigenvalue weighted by atomic mass is 16.5. The van der Waals surface area contributed by atoms with Gasteiger partial charge >= 0.3 is 0 Å². The van der Waals surface area contributed by atoms with E-state index in [1.165, 1.54) is 22.3 Å². The summed E-state index contributed by atoms with van der Waals surface area (Å²) < 4.78 is 12.0. The molecule has 10 heteroatoms. The van der Waals surface area contributed by atoms with Crippen LogP contribution in [0.15, 0.2) is 60.7 Å². The van der Waals surface area contributed by atoms with Crippen molar-refractivity contribution in [2.45, 2.75) is 89.1 Å². The molecule has 0 fully saturated rings. The zero-order valence-electron chi connectivity index (χ0n) is 34.1. The van der Waals surface area contributed by atoms with Gasteiger partial charge in [-0.05, 0) is 122 Å². The summed E-state index contributed by atoms with van der Waals surface area (Å²) in [5, 5.41) is 28.5. The number of nitrogens with one attached hydrogen (secondary N) is 2. The maximum Gasteiger partial charge on any atom is 0.219 e. The van der Waals surface area contributed by atoms with Crippen molar-refractivity contribution < 1.29 is 29.3 Å². The number of nitrogens with zero attached hydrogens (tertiary/aromatic N) is 2. The molecule has 4 aromatic rings. The molecule has 58 heavy (non-hydrogen) atoms. The van der Waals surface area contributed by atoms with Gasteiger partial charge in [-0.15, -0.1) is 0 Å². The molecule has 2 amide bonds. The molecule has 2 aliphatic heterocycles. The summed E-state index contributed by atoms with van der Waals surface area (Å²) in [4.78, 5) is 29.7. The van der Waals surface area contributed by atoms with Gasteiger partial charge in [-0.25, -0.2) is 0 Å². The average Bonchev–Trinajstić information content (AvgIpc) is 3.22. The lowest BCUT2D eigenvalue weighted by molar-refractivity contribution is -0.122. The van der Waals surface area contributed by atoms with Gasteiger partial charge in [-0.2, -0.15) is 0 Å². The average molecular weight is 787 g/mol. The molecular formula is C48H58N4O6. The molecule has 4 aromatic carbocycles. The van der Waals surface area contributed by atoms with E-state index >= 15 is 0 Å². The quantitative estimate of drug-likeness (QED) is 0.0817. The molecule has 2 heterocycles. The lowest BCUT2D eigenvalue weighted by atomic mass is 9.77. The Morgan fingerprint density at radius 2 is 1.05 bits per heavy atom. The van der Waals surface area contributed by atoms with Crippen LogP contribution in [0.3, 0.4) is 0 Å². The third-order valence-electron chi connectivity index (χ3n) is 12.8. The monoisotopic (exact) mass is 786 g/mol. The molecular weight excluding hydrogens is 729 g/mol. The van der Waals surface area contributed by atoms with Gasteiger partial charge in [0.05, 0.1) is 13.2 Å². The highest BCUT2D eigenvalue weighted by Gasteiger charge is 2.36. The van der Waals surface area contributed by atoms with Crippen molar-refractivity contribution in [2.75, 3.05) is 53.5 Å². The highest BCUT2D eigenvalue weighted by Crippen LogP contribution is 2.51. The normalized spacial score (nSPS) is 17.7. The predicted octanol–water partition coefficient (Wildman–Crippen LogP) is 7.41. The molecule has 2 aliphatic carbocycles. The van der Waals surface area contributed by atoms with Crippen LogP contribution in [0.25, 0.3) is 22.3 Å². The van der Waals surface area contributed by atoms with Crippen LogP contribution in [-0.4, -0.2) is 85.3 Å². The smallest absolute Gasteiger partial charge is 0.219 e. The Kier molecular flexibility index (Phi) is 12.2. The van der Waals surface area contributed by atoms with E-state index in [-0.39, 0.29) is 23.3 Å². The molecule has 0 saturated carbocycles. The maximum atomic E-state index is 12.4. The van der Waals surface area contributed by atoms with E-state index in [2.05, 4.69) is 83.1 Å². The fourth-order valence-corrected chi connectivity index (χ4v) is 9.63. The first-order valence-corrected chi connectivity index (χ1v) is 21.4. The standard InChI is InChI=1S/C48H58N4O6/c1-51-25-21-31-11-7-13-35-43(31)37(51)29-33-17-19-39(47(55)45(33)35)57-27-9-23-49-41(53)15-5-3-4-6-16-42(54)50-24-10-28-58-40-20-18-34-30-38-44-32(22-26-52(38)2)12-8-14-36(44)46(34)48(40)56/h7-8,11-14,17-20,37-38,55-56H,3-6,9-10,15-16,21-30H2,1-2H3,(H,49,53)(H,50,54)/t37-,38-/m1/s1. The number of carbonyl (C=O) groups is 2. The molecule has 0 spiro atoms. The molecule has 10 nitrogen and oxygen atoms in total. The SMILES string of the molecule is CN1CCc2cccc3c2[C@H]1Cc1ccc(OCCCNC(=O)CCCCCCC(=O)NCCCOc2ccc4c(c2O)-c2cccc5c2[C@@H](C4)N(C)CC5)c(O)c1-3. The number of aromatic hydroxyl groups is 2. The number of hydrogen-bond donors (Lipinski definition) is 4. The number of rotatable bonds is 17. The first kappa shape index (κ1) is 39.8. The molecule has 306 valence electrons. The molecule has 8 rings (SSSR count). The van der Waals surface area contributed by atoms with Gasteiger partial charge in [0.2, 0.25) is 11.8 Å². The Balaban J connectivity index is 0.672. The van der Waals surface area contributed by atoms with Crippen molar-refractivity contribution in [3.63, 3.8) is 0 Å². The highest BCUT2D eigenvalue weighted by molar-refractivity contribution is 5.83. The second-order valence-electron chi connectivity index (χ2n) is 16.6. The fourth-order valence-electron chi connectivity index (χ4n) is 9.63.